The van der Waals surface area contributed by atoms with E-state index in [1.54, 1.807) is 18.2 Å². The summed E-state index contributed by atoms with van der Waals surface area (Å²) in [7, 11) is 1.51. The van der Waals surface area contributed by atoms with Gasteiger partial charge in [0.05, 0.1) is 25.4 Å². The Morgan fingerprint density at radius 3 is 2.38 bits per heavy atom. The first-order valence-electron chi connectivity index (χ1n) is 7.99. The molecule has 0 saturated heterocycles. The monoisotopic (exact) mass is 386 g/mol. The van der Waals surface area contributed by atoms with Crippen LogP contribution in [0.5, 0.6) is 5.75 Å². The number of hydrogen-bond donors (Lipinski definition) is 4. The van der Waals surface area contributed by atoms with Gasteiger partial charge in [0.2, 0.25) is 17.7 Å². The fraction of sp³-hybridized carbons (Fsp3) is 0.471. The van der Waals surface area contributed by atoms with E-state index >= 15 is 0 Å². The summed E-state index contributed by atoms with van der Waals surface area (Å²) in [5, 5.41) is 7.86. The lowest BCUT2D eigenvalue weighted by Gasteiger charge is -2.15. The molecule has 0 radical (unpaired) electrons. The van der Waals surface area contributed by atoms with Gasteiger partial charge in [-0.2, -0.15) is 0 Å². The molecule has 0 aliphatic rings. The number of anilines is 1. The van der Waals surface area contributed by atoms with Crippen molar-refractivity contribution in [2.75, 3.05) is 19.0 Å². The molecule has 0 aliphatic carbocycles. The molecule has 0 spiro atoms. The van der Waals surface area contributed by atoms with Gasteiger partial charge in [-0.05, 0) is 23.6 Å². The molecule has 0 aliphatic heterocycles. The van der Waals surface area contributed by atoms with Crippen LogP contribution in [-0.2, 0) is 20.9 Å². The molecule has 0 aromatic heterocycles. The van der Waals surface area contributed by atoms with Gasteiger partial charge in [-0.1, -0.05) is 19.9 Å². The lowest BCUT2D eigenvalue weighted by molar-refractivity contribution is -0.127. The van der Waals surface area contributed by atoms with Crippen molar-refractivity contribution in [2.24, 2.45) is 11.7 Å². The van der Waals surface area contributed by atoms with Gasteiger partial charge in [0, 0.05) is 13.5 Å². The van der Waals surface area contributed by atoms with E-state index in [0.717, 1.165) is 5.56 Å². The zero-order chi connectivity index (χ0) is 19.0. The highest BCUT2D eigenvalue weighted by Crippen LogP contribution is 2.25. The Labute approximate surface area is 159 Å². The highest BCUT2D eigenvalue weighted by molar-refractivity contribution is 5.90. The number of rotatable bonds is 8. The van der Waals surface area contributed by atoms with Crippen molar-refractivity contribution < 1.29 is 19.1 Å². The molecular formula is C17H27ClN4O4. The molecule has 3 amide bonds. The van der Waals surface area contributed by atoms with Crippen molar-refractivity contribution >= 4 is 35.8 Å². The van der Waals surface area contributed by atoms with Crippen LogP contribution < -0.4 is 26.4 Å². The number of benzene rings is 1. The largest absolute Gasteiger partial charge is 0.495 e. The molecular weight excluding hydrogens is 360 g/mol. The van der Waals surface area contributed by atoms with Crippen LogP contribution in [-0.4, -0.2) is 37.4 Å². The Bertz CT molecular complexity index is 637. The van der Waals surface area contributed by atoms with E-state index in [2.05, 4.69) is 16.0 Å². The minimum Gasteiger partial charge on any atom is -0.495 e. The Hall–Kier alpha value is -2.32. The number of methoxy groups -OCH3 is 1. The van der Waals surface area contributed by atoms with Crippen LogP contribution in [0, 0.1) is 5.92 Å². The molecule has 0 saturated carbocycles. The summed E-state index contributed by atoms with van der Waals surface area (Å²) in [5.41, 5.74) is 7.01. The molecule has 0 heterocycles. The van der Waals surface area contributed by atoms with Crippen molar-refractivity contribution in [3.8, 4) is 5.75 Å². The molecule has 146 valence electrons. The van der Waals surface area contributed by atoms with Crippen LogP contribution in [0.4, 0.5) is 5.69 Å². The Kier molecular flexibility index (Phi) is 10.3. The molecule has 8 nitrogen and oxygen atoms in total. The summed E-state index contributed by atoms with van der Waals surface area (Å²) in [6.07, 6.45) is 0. The van der Waals surface area contributed by atoms with E-state index in [9.17, 15) is 14.4 Å². The maximum Gasteiger partial charge on any atom is 0.239 e. The van der Waals surface area contributed by atoms with Gasteiger partial charge in [0.25, 0.3) is 0 Å². The van der Waals surface area contributed by atoms with Crippen LogP contribution in [0.15, 0.2) is 18.2 Å². The summed E-state index contributed by atoms with van der Waals surface area (Å²) in [6, 6.07) is 4.55. The van der Waals surface area contributed by atoms with E-state index in [4.69, 9.17) is 10.5 Å². The second-order valence-electron chi connectivity index (χ2n) is 5.98. The number of ether oxygens (including phenoxy) is 1. The van der Waals surface area contributed by atoms with Gasteiger partial charge in [-0.25, -0.2) is 0 Å². The van der Waals surface area contributed by atoms with E-state index in [1.165, 1.54) is 14.0 Å². The predicted octanol–water partition coefficient (Wildman–Crippen LogP) is 0.791. The lowest BCUT2D eigenvalue weighted by Crippen LogP contribution is -2.47. The first-order valence-corrected chi connectivity index (χ1v) is 7.99. The van der Waals surface area contributed by atoms with Crippen LogP contribution in [0.25, 0.3) is 0 Å². The SMILES string of the molecule is COc1ccc(CNC(=O)CNC(=O)[C@@H](N)C(C)C)cc1NC(C)=O.Cl. The number of hydrogen-bond acceptors (Lipinski definition) is 5. The van der Waals surface area contributed by atoms with Crippen molar-refractivity contribution in [1.82, 2.24) is 10.6 Å². The number of halogens is 1. The summed E-state index contributed by atoms with van der Waals surface area (Å²) < 4.78 is 5.17. The highest BCUT2D eigenvalue weighted by Gasteiger charge is 2.17. The fourth-order valence-corrected chi connectivity index (χ4v) is 2.00. The predicted molar refractivity (Wildman–Crippen MR) is 102 cm³/mol. The number of nitrogens with one attached hydrogen (secondary N) is 3. The minimum absolute atomic E-state index is 0. The molecule has 1 atom stereocenters. The third kappa shape index (κ3) is 7.71. The van der Waals surface area contributed by atoms with E-state index in [-0.39, 0.29) is 49.1 Å². The second kappa shape index (κ2) is 11.3. The topological polar surface area (TPSA) is 123 Å². The van der Waals surface area contributed by atoms with Crippen LogP contribution in [0.1, 0.15) is 26.3 Å². The summed E-state index contributed by atoms with van der Waals surface area (Å²) in [5.74, 6) is -0.387. The number of amides is 3. The number of carbonyl (C=O) groups excluding carboxylic acids is 3. The first-order chi connectivity index (χ1) is 11.7. The minimum atomic E-state index is -0.644. The van der Waals surface area contributed by atoms with Gasteiger partial charge in [-0.3, -0.25) is 14.4 Å². The van der Waals surface area contributed by atoms with Crippen LogP contribution >= 0.6 is 12.4 Å². The molecule has 0 fully saturated rings. The smallest absolute Gasteiger partial charge is 0.239 e. The molecule has 1 aromatic rings. The Morgan fingerprint density at radius 1 is 1.19 bits per heavy atom. The van der Waals surface area contributed by atoms with E-state index in [1.807, 2.05) is 13.8 Å². The van der Waals surface area contributed by atoms with Gasteiger partial charge in [0.15, 0.2) is 0 Å². The molecule has 1 rings (SSSR count). The summed E-state index contributed by atoms with van der Waals surface area (Å²) in [6.45, 7) is 5.18. The molecule has 26 heavy (non-hydrogen) atoms. The van der Waals surface area contributed by atoms with Crippen molar-refractivity contribution in [3.05, 3.63) is 23.8 Å². The zero-order valence-electron chi connectivity index (χ0n) is 15.4. The molecule has 0 unspecified atom stereocenters. The average Bonchev–Trinajstić information content (AvgIpc) is 2.56. The highest BCUT2D eigenvalue weighted by atomic mass is 35.5. The van der Waals surface area contributed by atoms with E-state index < -0.39 is 6.04 Å². The van der Waals surface area contributed by atoms with E-state index in [0.29, 0.717) is 11.4 Å². The normalized spacial score (nSPS) is 11.2. The number of nitrogens with two attached hydrogens (primary N) is 1. The second-order valence-corrected chi connectivity index (χ2v) is 5.98. The quantitative estimate of drug-likeness (QED) is 0.526. The van der Waals surface area contributed by atoms with Crippen molar-refractivity contribution in [3.63, 3.8) is 0 Å². The molecule has 1 aromatic carbocycles. The third-order valence-corrected chi connectivity index (χ3v) is 3.51. The number of carbonyl (C=O) groups is 3. The maximum atomic E-state index is 11.8. The average molecular weight is 387 g/mol. The molecule has 9 heteroatoms. The van der Waals surface area contributed by atoms with Crippen LogP contribution in [0.3, 0.4) is 0 Å². The molecule has 0 bridgehead atoms. The van der Waals surface area contributed by atoms with Gasteiger partial charge >= 0.3 is 0 Å². The maximum absolute atomic E-state index is 11.8. The summed E-state index contributed by atoms with van der Waals surface area (Å²) >= 11 is 0. The standard InChI is InChI=1S/C17H26N4O4.ClH/c1-10(2)16(18)17(24)20-9-15(23)19-8-12-5-6-14(25-4)13(7-12)21-11(3)22;/h5-7,10,16H,8-9,18H2,1-4H3,(H,19,23)(H,20,24)(H,21,22);1H/t16-;/m0./s1. The summed E-state index contributed by atoms with van der Waals surface area (Å²) in [4.78, 5) is 34.8. The molecule has 5 N–H and O–H groups in total. The van der Waals surface area contributed by atoms with Gasteiger partial charge < -0.3 is 26.4 Å². The lowest BCUT2D eigenvalue weighted by atomic mass is 10.1. The zero-order valence-corrected chi connectivity index (χ0v) is 16.2. The van der Waals surface area contributed by atoms with Gasteiger partial charge in [0.1, 0.15) is 5.75 Å². The van der Waals surface area contributed by atoms with Crippen molar-refractivity contribution in [2.45, 2.75) is 33.4 Å². The van der Waals surface area contributed by atoms with Crippen molar-refractivity contribution in [1.29, 1.82) is 0 Å². The Morgan fingerprint density at radius 2 is 1.85 bits per heavy atom. The third-order valence-electron chi connectivity index (χ3n) is 3.51. The van der Waals surface area contributed by atoms with Crippen LogP contribution in [0.2, 0.25) is 0 Å². The Balaban J connectivity index is 0.00000625. The fourth-order valence-electron chi connectivity index (χ4n) is 2.00. The first kappa shape index (κ1) is 23.7. The van der Waals surface area contributed by atoms with Gasteiger partial charge in [-0.15, -0.1) is 12.4 Å².